The molecule has 1 amide bonds. The van der Waals surface area contributed by atoms with E-state index in [1.54, 1.807) is 0 Å². The zero-order chi connectivity index (χ0) is 10.3. The third kappa shape index (κ3) is 1.66. The predicted octanol–water partition coefficient (Wildman–Crippen LogP) is 0.319. The van der Waals surface area contributed by atoms with Crippen LogP contribution in [0.15, 0.2) is 4.99 Å². The fourth-order valence-electron chi connectivity index (χ4n) is 1.72. The fourth-order valence-corrected chi connectivity index (χ4v) is 2.53. The van der Waals surface area contributed by atoms with Gasteiger partial charge in [-0.25, -0.2) is 0 Å². The molecule has 1 unspecified atom stereocenters. The summed E-state index contributed by atoms with van der Waals surface area (Å²) >= 11 is 1.47. The molecule has 0 aliphatic carbocycles. The Morgan fingerprint density at radius 1 is 1.64 bits per heavy atom. The molecule has 1 fully saturated rings. The van der Waals surface area contributed by atoms with Crippen molar-refractivity contribution in [2.75, 3.05) is 18.8 Å². The number of thioether (sulfide) groups is 1. The summed E-state index contributed by atoms with van der Waals surface area (Å²) < 4.78 is 0. The van der Waals surface area contributed by atoms with Crippen molar-refractivity contribution in [2.45, 2.75) is 20.0 Å². The van der Waals surface area contributed by atoms with Crippen LogP contribution in [0.25, 0.3) is 0 Å². The van der Waals surface area contributed by atoms with Crippen molar-refractivity contribution in [3.63, 3.8) is 0 Å². The lowest BCUT2D eigenvalue weighted by molar-refractivity contribution is -0.115. The first-order chi connectivity index (χ1) is 6.49. The smallest absolute Gasteiger partial charge is 0.258 e. The third-order valence-electron chi connectivity index (χ3n) is 2.71. The molecule has 2 rings (SSSR count). The van der Waals surface area contributed by atoms with Crippen LogP contribution in [0.2, 0.25) is 0 Å². The number of carbonyl (C=O) groups excluding carboxylic acids is 1. The molecule has 1 saturated heterocycles. The average Bonchev–Trinajstić information content (AvgIpc) is 2.58. The first kappa shape index (κ1) is 9.98. The summed E-state index contributed by atoms with van der Waals surface area (Å²) in [6, 6.07) is 0. The second-order valence-electron chi connectivity index (χ2n) is 4.46. The fraction of sp³-hybridized carbons (Fsp3) is 0.778. The summed E-state index contributed by atoms with van der Waals surface area (Å²) in [5.74, 6) is 0.381. The molecule has 14 heavy (non-hydrogen) atoms. The van der Waals surface area contributed by atoms with Crippen molar-refractivity contribution in [2.24, 2.45) is 10.4 Å². The van der Waals surface area contributed by atoms with Crippen molar-refractivity contribution in [3.05, 3.63) is 0 Å². The molecular formula is C9H14N2O2S. The van der Waals surface area contributed by atoms with Gasteiger partial charge in [-0.05, 0) is 0 Å². The molecule has 1 N–H and O–H groups in total. The molecule has 78 valence electrons. The maximum Gasteiger partial charge on any atom is 0.258 e. The Labute approximate surface area is 87.4 Å². The number of β-amino-alcohol motifs (C(OH)–C–C–N with tert-alkyl or cyclic N) is 1. The maximum absolute atomic E-state index is 11.0. The average molecular weight is 214 g/mol. The van der Waals surface area contributed by atoms with Crippen LogP contribution in [0.3, 0.4) is 0 Å². The third-order valence-corrected chi connectivity index (χ3v) is 3.71. The van der Waals surface area contributed by atoms with E-state index in [0.29, 0.717) is 12.3 Å². The number of carbonyl (C=O) groups is 1. The van der Waals surface area contributed by atoms with Gasteiger partial charge in [0, 0.05) is 18.5 Å². The Hall–Kier alpha value is -0.550. The summed E-state index contributed by atoms with van der Waals surface area (Å²) in [5.41, 5.74) is -0.102. The van der Waals surface area contributed by atoms with Crippen molar-refractivity contribution >= 4 is 22.8 Å². The molecule has 5 heteroatoms. The van der Waals surface area contributed by atoms with Crippen LogP contribution >= 0.6 is 11.8 Å². The summed E-state index contributed by atoms with van der Waals surface area (Å²) in [6.45, 7) is 5.42. The van der Waals surface area contributed by atoms with Crippen LogP contribution in [0.1, 0.15) is 13.8 Å². The van der Waals surface area contributed by atoms with Crippen molar-refractivity contribution in [1.82, 2.24) is 4.90 Å². The number of hydrogen-bond acceptors (Lipinski definition) is 4. The van der Waals surface area contributed by atoms with Gasteiger partial charge in [0.25, 0.3) is 5.91 Å². The minimum atomic E-state index is -0.332. The number of rotatable bonds is 0. The lowest BCUT2D eigenvalue weighted by atomic mass is 9.90. The number of amides is 1. The highest BCUT2D eigenvalue weighted by Crippen LogP contribution is 2.32. The van der Waals surface area contributed by atoms with E-state index in [0.717, 1.165) is 11.7 Å². The van der Waals surface area contributed by atoms with Gasteiger partial charge in [0.2, 0.25) is 0 Å². The lowest BCUT2D eigenvalue weighted by Gasteiger charge is -2.21. The van der Waals surface area contributed by atoms with E-state index >= 15 is 0 Å². The zero-order valence-electron chi connectivity index (χ0n) is 8.36. The number of amidine groups is 1. The quantitative estimate of drug-likeness (QED) is 0.631. The largest absolute Gasteiger partial charge is 0.391 e. The van der Waals surface area contributed by atoms with Gasteiger partial charge in [-0.3, -0.25) is 4.79 Å². The predicted molar refractivity (Wildman–Crippen MR) is 56.3 cm³/mol. The van der Waals surface area contributed by atoms with Gasteiger partial charge in [-0.15, -0.1) is 0 Å². The van der Waals surface area contributed by atoms with Crippen LogP contribution in [0, 0.1) is 5.41 Å². The van der Waals surface area contributed by atoms with Gasteiger partial charge < -0.3 is 10.0 Å². The summed E-state index contributed by atoms with van der Waals surface area (Å²) in [5, 5.41) is 10.5. The minimum absolute atomic E-state index is 0.0656. The molecule has 0 radical (unpaired) electrons. The van der Waals surface area contributed by atoms with Crippen LogP contribution < -0.4 is 0 Å². The Bertz CT molecular complexity index is 301. The molecule has 0 saturated carbocycles. The number of aliphatic hydroxyl groups excluding tert-OH is 1. The van der Waals surface area contributed by atoms with Crippen LogP contribution in [0.5, 0.6) is 0 Å². The highest BCUT2D eigenvalue weighted by Gasteiger charge is 2.40. The SMILES string of the molecule is CC1(C)CN(C2=NC(=O)CS2)CC1O. The first-order valence-electron chi connectivity index (χ1n) is 4.66. The van der Waals surface area contributed by atoms with Gasteiger partial charge in [-0.1, -0.05) is 25.6 Å². The van der Waals surface area contributed by atoms with Crippen LogP contribution in [-0.2, 0) is 4.79 Å². The van der Waals surface area contributed by atoms with Crippen molar-refractivity contribution < 1.29 is 9.90 Å². The molecule has 0 aromatic heterocycles. The van der Waals surface area contributed by atoms with Gasteiger partial charge in [0.15, 0.2) is 5.17 Å². The van der Waals surface area contributed by atoms with E-state index in [1.165, 1.54) is 11.8 Å². The summed E-state index contributed by atoms with van der Waals surface area (Å²) in [4.78, 5) is 16.9. The molecule has 2 aliphatic rings. The Kier molecular flexibility index (Phi) is 2.31. The van der Waals surface area contributed by atoms with Gasteiger partial charge in [0.1, 0.15) is 0 Å². The molecule has 1 atom stereocenters. The topological polar surface area (TPSA) is 52.9 Å². The van der Waals surface area contributed by atoms with E-state index in [1.807, 2.05) is 18.7 Å². The van der Waals surface area contributed by atoms with Crippen molar-refractivity contribution in [3.8, 4) is 0 Å². The Morgan fingerprint density at radius 2 is 2.36 bits per heavy atom. The van der Waals surface area contributed by atoms with E-state index in [2.05, 4.69) is 4.99 Å². The number of hydrogen-bond donors (Lipinski definition) is 1. The van der Waals surface area contributed by atoms with E-state index in [-0.39, 0.29) is 17.4 Å². The zero-order valence-corrected chi connectivity index (χ0v) is 9.17. The molecule has 2 aliphatic heterocycles. The lowest BCUT2D eigenvalue weighted by Crippen LogP contribution is -2.27. The Balaban J connectivity index is 2.09. The number of aliphatic hydroxyl groups is 1. The monoisotopic (exact) mass is 214 g/mol. The summed E-state index contributed by atoms with van der Waals surface area (Å²) in [7, 11) is 0. The van der Waals surface area contributed by atoms with Crippen molar-refractivity contribution in [1.29, 1.82) is 0 Å². The highest BCUT2D eigenvalue weighted by molar-refractivity contribution is 8.14. The standard InChI is InChI=1S/C9H14N2O2S/c1-9(2)5-11(3-6(9)12)8-10-7(13)4-14-8/h6,12H,3-5H2,1-2H3. The normalized spacial score (nSPS) is 31.1. The van der Waals surface area contributed by atoms with E-state index < -0.39 is 0 Å². The summed E-state index contributed by atoms with van der Waals surface area (Å²) in [6.07, 6.45) is -0.332. The van der Waals surface area contributed by atoms with E-state index in [4.69, 9.17) is 0 Å². The molecular weight excluding hydrogens is 200 g/mol. The molecule has 4 nitrogen and oxygen atoms in total. The first-order valence-corrected chi connectivity index (χ1v) is 5.65. The Morgan fingerprint density at radius 3 is 2.79 bits per heavy atom. The molecule has 0 spiro atoms. The number of aliphatic imine (C=N–C) groups is 1. The van der Waals surface area contributed by atoms with Gasteiger partial charge in [-0.2, -0.15) is 4.99 Å². The van der Waals surface area contributed by atoms with Crippen LogP contribution in [0.4, 0.5) is 0 Å². The number of nitrogens with zero attached hydrogens (tertiary/aromatic N) is 2. The maximum atomic E-state index is 11.0. The van der Waals surface area contributed by atoms with Gasteiger partial charge >= 0.3 is 0 Å². The second kappa shape index (κ2) is 3.24. The highest BCUT2D eigenvalue weighted by atomic mass is 32.2. The molecule has 0 aromatic rings. The van der Waals surface area contributed by atoms with E-state index in [9.17, 15) is 9.90 Å². The molecule has 0 aromatic carbocycles. The second-order valence-corrected chi connectivity index (χ2v) is 5.40. The number of likely N-dealkylation sites (tertiary alicyclic amines) is 1. The van der Waals surface area contributed by atoms with Crippen LogP contribution in [-0.4, -0.2) is 46.0 Å². The molecule has 0 bridgehead atoms. The minimum Gasteiger partial charge on any atom is -0.391 e. The molecule has 2 heterocycles. The van der Waals surface area contributed by atoms with Gasteiger partial charge in [0.05, 0.1) is 11.9 Å².